The van der Waals surface area contributed by atoms with Crippen molar-refractivity contribution >= 4 is 18.9 Å². The Bertz CT molecular complexity index is 600. The molecule has 2 aromatic rings. The van der Waals surface area contributed by atoms with Gasteiger partial charge < -0.3 is 8.85 Å². The SMILES string of the molecule is CCCCC/C=C/CCO[Si](OCCC)(c1ccccc1)c1ccccc1. The molecule has 27 heavy (non-hydrogen) atoms. The summed E-state index contributed by atoms with van der Waals surface area (Å²) in [6, 6.07) is 21.0. The van der Waals surface area contributed by atoms with Gasteiger partial charge in [-0.05, 0) is 36.1 Å². The Morgan fingerprint density at radius 1 is 0.667 bits per heavy atom. The molecule has 0 atom stereocenters. The van der Waals surface area contributed by atoms with E-state index in [1.807, 2.05) is 12.1 Å². The number of benzene rings is 2. The summed E-state index contributed by atoms with van der Waals surface area (Å²) in [6.07, 6.45) is 11.5. The van der Waals surface area contributed by atoms with Crippen LogP contribution in [-0.4, -0.2) is 21.8 Å². The van der Waals surface area contributed by atoms with Gasteiger partial charge in [-0.25, -0.2) is 0 Å². The zero-order valence-corrected chi connectivity index (χ0v) is 17.9. The molecular formula is C24H34O2Si. The molecule has 0 aliphatic rings. The molecule has 0 aliphatic carbocycles. The van der Waals surface area contributed by atoms with Gasteiger partial charge >= 0.3 is 8.56 Å². The lowest BCUT2D eigenvalue weighted by molar-refractivity contribution is 0.194. The number of unbranched alkanes of at least 4 members (excludes halogenated alkanes) is 3. The molecule has 0 amide bonds. The first-order chi connectivity index (χ1) is 13.3. The Hall–Kier alpha value is -1.68. The molecule has 0 saturated heterocycles. The average molecular weight is 383 g/mol. The van der Waals surface area contributed by atoms with Crippen molar-refractivity contribution in [2.75, 3.05) is 13.2 Å². The maximum absolute atomic E-state index is 6.60. The molecule has 0 heterocycles. The molecule has 3 heteroatoms. The predicted octanol–water partition coefficient (Wildman–Crippen LogP) is 5.21. The summed E-state index contributed by atoms with van der Waals surface area (Å²) >= 11 is 0. The van der Waals surface area contributed by atoms with E-state index < -0.39 is 8.56 Å². The molecule has 0 bridgehead atoms. The Morgan fingerprint density at radius 3 is 1.78 bits per heavy atom. The van der Waals surface area contributed by atoms with Crippen LogP contribution in [0.2, 0.25) is 0 Å². The van der Waals surface area contributed by atoms with Crippen molar-refractivity contribution in [3.8, 4) is 0 Å². The fourth-order valence-corrected chi connectivity index (χ4v) is 6.36. The quantitative estimate of drug-likeness (QED) is 0.269. The van der Waals surface area contributed by atoms with Gasteiger partial charge in [0.1, 0.15) is 0 Å². The topological polar surface area (TPSA) is 18.5 Å². The summed E-state index contributed by atoms with van der Waals surface area (Å²) in [6.45, 7) is 5.78. The monoisotopic (exact) mass is 382 g/mol. The normalized spacial score (nSPS) is 11.9. The van der Waals surface area contributed by atoms with Gasteiger partial charge in [0, 0.05) is 13.2 Å². The smallest absolute Gasteiger partial charge is 0.388 e. The van der Waals surface area contributed by atoms with Crippen LogP contribution in [0.25, 0.3) is 0 Å². The largest absolute Gasteiger partial charge is 0.407 e. The van der Waals surface area contributed by atoms with E-state index in [2.05, 4.69) is 74.5 Å². The lowest BCUT2D eigenvalue weighted by Gasteiger charge is -2.31. The molecule has 0 saturated carbocycles. The lowest BCUT2D eigenvalue weighted by atomic mass is 10.2. The van der Waals surface area contributed by atoms with E-state index in [0.29, 0.717) is 13.2 Å². The molecule has 2 nitrogen and oxygen atoms in total. The fraction of sp³-hybridized carbons (Fsp3) is 0.417. The molecule has 0 spiro atoms. The van der Waals surface area contributed by atoms with E-state index in [1.165, 1.54) is 36.1 Å². The van der Waals surface area contributed by atoms with Gasteiger partial charge in [-0.1, -0.05) is 99.5 Å². The highest BCUT2D eigenvalue weighted by Gasteiger charge is 2.42. The molecule has 146 valence electrons. The molecule has 0 aromatic heterocycles. The third kappa shape index (κ3) is 6.76. The summed E-state index contributed by atoms with van der Waals surface area (Å²) in [7, 11) is -2.68. The maximum Gasteiger partial charge on any atom is 0.407 e. The molecule has 0 unspecified atom stereocenters. The highest BCUT2D eigenvalue weighted by molar-refractivity contribution is 6.92. The van der Waals surface area contributed by atoms with Gasteiger partial charge in [0.05, 0.1) is 0 Å². The van der Waals surface area contributed by atoms with E-state index in [1.54, 1.807) is 0 Å². The Kier molecular flexibility index (Phi) is 10.1. The fourth-order valence-electron chi connectivity index (χ4n) is 3.12. The standard InChI is InChI=1S/C24H34O2Si/c1-3-5-6-7-8-9-16-22-26-27(25-21-4-2,23-17-12-10-13-18-23)24-19-14-11-15-20-24/h8-15,17-20H,3-7,16,21-22H2,1-2H3/b9-8+. The summed E-state index contributed by atoms with van der Waals surface area (Å²) in [5.41, 5.74) is 0. The number of rotatable bonds is 13. The highest BCUT2D eigenvalue weighted by atomic mass is 28.4. The minimum absolute atomic E-state index is 0.685. The second-order valence-electron chi connectivity index (χ2n) is 6.80. The molecule has 2 rings (SSSR count). The van der Waals surface area contributed by atoms with Crippen LogP contribution < -0.4 is 10.4 Å². The maximum atomic E-state index is 6.60. The van der Waals surface area contributed by atoms with Gasteiger partial charge in [0.25, 0.3) is 0 Å². The number of allylic oxidation sites excluding steroid dienone is 1. The van der Waals surface area contributed by atoms with Crippen molar-refractivity contribution in [3.63, 3.8) is 0 Å². The molecule has 2 aromatic carbocycles. The van der Waals surface area contributed by atoms with Crippen molar-refractivity contribution in [1.82, 2.24) is 0 Å². The highest BCUT2D eigenvalue weighted by Crippen LogP contribution is 2.12. The molecule has 0 radical (unpaired) electrons. The summed E-state index contributed by atoms with van der Waals surface area (Å²) in [5, 5.41) is 2.35. The minimum atomic E-state index is -2.68. The second kappa shape index (κ2) is 12.7. The van der Waals surface area contributed by atoms with Crippen molar-refractivity contribution in [2.24, 2.45) is 0 Å². The minimum Gasteiger partial charge on any atom is -0.388 e. The zero-order valence-electron chi connectivity index (χ0n) is 16.9. The van der Waals surface area contributed by atoms with Crippen LogP contribution in [0.1, 0.15) is 52.4 Å². The van der Waals surface area contributed by atoms with Gasteiger partial charge in [-0.3, -0.25) is 0 Å². The molecule has 0 N–H and O–H groups in total. The summed E-state index contributed by atoms with van der Waals surface area (Å²) in [4.78, 5) is 0. The number of hydrogen-bond donors (Lipinski definition) is 0. The zero-order chi connectivity index (χ0) is 19.2. The van der Waals surface area contributed by atoms with Crippen LogP contribution >= 0.6 is 0 Å². The van der Waals surface area contributed by atoms with Gasteiger partial charge in [0.2, 0.25) is 0 Å². The number of hydrogen-bond acceptors (Lipinski definition) is 2. The van der Waals surface area contributed by atoms with Gasteiger partial charge in [-0.2, -0.15) is 0 Å². The van der Waals surface area contributed by atoms with E-state index in [0.717, 1.165) is 12.8 Å². The van der Waals surface area contributed by atoms with Crippen molar-refractivity contribution in [2.45, 2.75) is 52.4 Å². The van der Waals surface area contributed by atoms with Crippen LogP contribution in [0.4, 0.5) is 0 Å². The molecule has 0 fully saturated rings. The van der Waals surface area contributed by atoms with Gasteiger partial charge in [-0.15, -0.1) is 0 Å². The van der Waals surface area contributed by atoms with Gasteiger partial charge in [0.15, 0.2) is 0 Å². The third-order valence-electron chi connectivity index (χ3n) is 4.55. The average Bonchev–Trinajstić information content (AvgIpc) is 2.73. The van der Waals surface area contributed by atoms with E-state index in [9.17, 15) is 0 Å². The van der Waals surface area contributed by atoms with Crippen molar-refractivity contribution in [3.05, 3.63) is 72.8 Å². The van der Waals surface area contributed by atoms with Crippen molar-refractivity contribution < 1.29 is 8.85 Å². The molecular weight excluding hydrogens is 348 g/mol. The first kappa shape index (κ1) is 21.6. The van der Waals surface area contributed by atoms with Crippen LogP contribution in [-0.2, 0) is 8.85 Å². The van der Waals surface area contributed by atoms with E-state index in [-0.39, 0.29) is 0 Å². The summed E-state index contributed by atoms with van der Waals surface area (Å²) in [5.74, 6) is 0. The summed E-state index contributed by atoms with van der Waals surface area (Å²) < 4.78 is 13.1. The van der Waals surface area contributed by atoms with Crippen LogP contribution in [0.5, 0.6) is 0 Å². The molecule has 0 aliphatic heterocycles. The van der Waals surface area contributed by atoms with E-state index >= 15 is 0 Å². The first-order valence-corrected chi connectivity index (χ1v) is 12.2. The lowest BCUT2D eigenvalue weighted by Crippen LogP contribution is -2.63. The Morgan fingerprint density at radius 2 is 1.22 bits per heavy atom. The first-order valence-electron chi connectivity index (χ1n) is 10.4. The Labute approximate surface area is 166 Å². The predicted molar refractivity (Wildman–Crippen MR) is 118 cm³/mol. The van der Waals surface area contributed by atoms with Crippen molar-refractivity contribution in [1.29, 1.82) is 0 Å². The van der Waals surface area contributed by atoms with Crippen LogP contribution in [0.15, 0.2) is 72.8 Å². The third-order valence-corrected chi connectivity index (χ3v) is 7.96. The Balaban J connectivity index is 2.13. The van der Waals surface area contributed by atoms with Crippen LogP contribution in [0.3, 0.4) is 0 Å². The van der Waals surface area contributed by atoms with E-state index in [4.69, 9.17) is 8.85 Å². The second-order valence-corrected chi connectivity index (χ2v) is 9.77. The van der Waals surface area contributed by atoms with Crippen LogP contribution in [0, 0.1) is 0 Å².